The number of allylic oxidation sites excluding steroid dienone is 5. The largest absolute Gasteiger partial charge is 0.382 e. The lowest BCUT2D eigenvalue weighted by molar-refractivity contribution is -0.136. The van der Waals surface area contributed by atoms with Crippen LogP contribution in [0.25, 0.3) is 0 Å². The van der Waals surface area contributed by atoms with E-state index in [-0.39, 0.29) is 5.78 Å². The van der Waals surface area contributed by atoms with E-state index in [0.29, 0.717) is 18.4 Å². The first kappa shape index (κ1) is 14.9. The van der Waals surface area contributed by atoms with E-state index in [2.05, 4.69) is 0 Å². The number of aliphatic hydroxyl groups is 1. The van der Waals surface area contributed by atoms with Crippen molar-refractivity contribution in [2.45, 2.75) is 58.0 Å². The van der Waals surface area contributed by atoms with Gasteiger partial charge in [-0.15, -0.1) is 0 Å². The molecule has 0 bridgehead atoms. The van der Waals surface area contributed by atoms with Gasteiger partial charge in [0.2, 0.25) is 0 Å². The summed E-state index contributed by atoms with van der Waals surface area (Å²) in [6.45, 7) is 4.00. The Balaban J connectivity index is 0.000000771. The number of hydrogen-bond donors (Lipinski definition) is 1. The summed E-state index contributed by atoms with van der Waals surface area (Å²) in [5, 5.41) is 10.3. The Morgan fingerprint density at radius 2 is 1.83 bits per heavy atom. The first-order valence-electron chi connectivity index (χ1n) is 7.03. The summed E-state index contributed by atoms with van der Waals surface area (Å²) in [6, 6.07) is 0. The summed E-state index contributed by atoms with van der Waals surface area (Å²) in [7, 11) is 0. The van der Waals surface area contributed by atoms with E-state index in [0.717, 1.165) is 25.7 Å². The highest BCUT2D eigenvalue weighted by molar-refractivity contribution is 6.04. The molecule has 0 radical (unpaired) electrons. The maximum atomic E-state index is 12.2. The molecule has 0 unspecified atom stereocenters. The van der Waals surface area contributed by atoms with Gasteiger partial charge in [0, 0.05) is 5.57 Å². The van der Waals surface area contributed by atoms with E-state index in [1.165, 1.54) is 0 Å². The van der Waals surface area contributed by atoms with Crippen LogP contribution in [0.15, 0.2) is 36.0 Å². The van der Waals surface area contributed by atoms with Gasteiger partial charge in [0.05, 0.1) is 0 Å². The molecule has 0 heterocycles. The zero-order chi connectivity index (χ0) is 13.4. The van der Waals surface area contributed by atoms with Crippen LogP contribution in [-0.4, -0.2) is 16.5 Å². The predicted molar refractivity (Wildman–Crippen MR) is 75.4 cm³/mol. The van der Waals surface area contributed by atoms with Crippen molar-refractivity contribution >= 4 is 5.78 Å². The van der Waals surface area contributed by atoms with Crippen molar-refractivity contribution in [2.24, 2.45) is 0 Å². The van der Waals surface area contributed by atoms with E-state index < -0.39 is 5.60 Å². The van der Waals surface area contributed by atoms with E-state index >= 15 is 0 Å². The Morgan fingerprint density at radius 1 is 1.17 bits per heavy atom. The van der Waals surface area contributed by atoms with Crippen molar-refractivity contribution in [2.75, 3.05) is 0 Å². The van der Waals surface area contributed by atoms with Crippen LogP contribution < -0.4 is 0 Å². The molecule has 0 aromatic heterocycles. The minimum Gasteiger partial charge on any atom is -0.382 e. The quantitative estimate of drug-likeness (QED) is 0.808. The molecule has 1 N–H and O–H groups in total. The van der Waals surface area contributed by atoms with Crippen molar-refractivity contribution in [3.05, 3.63) is 36.0 Å². The zero-order valence-corrected chi connectivity index (χ0v) is 11.5. The molecule has 2 aliphatic carbocycles. The number of carbonyl (C=O) groups excluding carboxylic acids is 1. The third kappa shape index (κ3) is 3.67. The molecule has 2 rings (SSSR count). The molecule has 0 amide bonds. The summed E-state index contributed by atoms with van der Waals surface area (Å²) >= 11 is 0. The Hall–Kier alpha value is -1.15. The highest BCUT2D eigenvalue weighted by Gasteiger charge is 2.37. The Labute approximate surface area is 110 Å². The average molecular weight is 248 g/mol. The average Bonchev–Trinajstić information content (AvgIpc) is 2.70. The van der Waals surface area contributed by atoms with Crippen LogP contribution in [0.5, 0.6) is 0 Å². The lowest BCUT2D eigenvalue weighted by Gasteiger charge is -2.30. The van der Waals surface area contributed by atoms with Crippen molar-refractivity contribution < 1.29 is 9.90 Å². The van der Waals surface area contributed by atoms with Gasteiger partial charge in [0.15, 0.2) is 5.78 Å². The molecular formula is C16H24O2. The van der Waals surface area contributed by atoms with Gasteiger partial charge in [-0.3, -0.25) is 4.79 Å². The second-order valence-corrected chi connectivity index (χ2v) is 4.60. The van der Waals surface area contributed by atoms with Crippen molar-refractivity contribution in [1.29, 1.82) is 0 Å². The fraction of sp³-hybridized carbons (Fsp3) is 0.562. The predicted octanol–water partition coefficient (Wildman–Crippen LogP) is 3.72. The van der Waals surface area contributed by atoms with Gasteiger partial charge in [-0.25, -0.2) is 0 Å². The van der Waals surface area contributed by atoms with E-state index in [9.17, 15) is 9.90 Å². The van der Waals surface area contributed by atoms with Crippen LogP contribution in [0.1, 0.15) is 52.4 Å². The maximum Gasteiger partial charge on any atom is 0.194 e. The zero-order valence-electron chi connectivity index (χ0n) is 11.5. The standard InChI is InChI=1S/C14H18O2.C2H6/c15-13(12-8-4-1-2-5-9-12)14(16)10-6-3-7-11-14;1-2/h1-2,4,8-9,16H,3,5-7,10-11H2;1-2H3. The van der Waals surface area contributed by atoms with E-state index in [1.54, 1.807) is 6.08 Å². The molecular weight excluding hydrogens is 224 g/mol. The molecule has 0 atom stereocenters. The summed E-state index contributed by atoms with van der Waals surface area (Å²) in [5.41, 5.74) is -0.437. The summed E-state index contributed by atoms with van der Waals surface area (Å²) in [5.74, 6) is -0.0906. The molecule has 2 nitrogen and oxygen atoms in total. The SMILES string of the molecule is CC.O=C(C1=CCC=CC=C1)C1(O)CCCCC1. The number of carbonyl (C=O) groups is 1. The van der Waals surface area contributed by atoms with Crippen LogP contribution in [-0.2, 0) is 4.79 Å². The van der Waals surface area contributed by atoms with E-state index in [4.69, 9.17) is 0 Å². The molecule has 0 aromatic carbocycles. The lowest BCUT2D eigenvalue weighted by atomic mass is 9.79. The number of rotatable bonds is 2. The van der Waals surface area contributed by atoms with Crippen molar-refractivity contribution in [1.82, 2.24) is 0 Å². The first-order valence-corrected chi connectivity index (χ1v) is 7.03. The third-order valence-electron chi connectivity index (χ3n) is 3.36. The highest BCUT2D eigenvalue weighted by Crippen LogP contribution is 2.31. The molecule has 100 valence electrons. The van der Waals surface area contributed by atoms with Gasteiger partial charge in [-0.1, -0.05) is 63.5 Å². The van der Waals surface area contributed by atoms with Crippen LogP contribution in [0.4, 0.5) is 0 Å². The monoisotopic (exact) mass is 248 g/mol. The van der Waals surface area contributed by atoms with Crippen molar-refractivity contribution in [3.8, 4) is 0 Å². The van der Waals surface area contributed by atoms with Gasteiger partial charge in [0.25, 0.3) is 0 Å². The van der Waals surface area contributed by atoms with Gasteiger partial charge in [-0.2, -0.15) is 0 Å². The minimum absolute atomic E-state index is 0.0906. The van der Waals surface area contributed by atoms with Gasteiger partial charge in [0.1, 0.15) is 5.60 Å². The summed E-state index contributed by atoms with van der Waals surface area (Å²) < 4.78 is 0. The second-order valence-electron chi connectivity index (χ2n) is 4.60. The molecule has 18 heavy (non-hydrogen) atoms. The molecule has 1 saturated carbocycles. The normalized spacial score (nSPS) is 21.4. The molecule has 1 fully saturated rings. The van der Waals surface area contributed by atoms with Crippen LogP contribution >= 0.6 is 0 Å². The van der Waals surface area contributed by atoms with Crippen LogP contribution in [0.2, 0.25) is 0 Å². The Kier molecular flexibility index (Phi) is 6.06. The lowest BCUT2D eigenvalue weighted by Crippen LogP contribution is -2.41. The van der Waals surface area contributed by atoms with Gasteiger partial charge < -0.3 is 5.11 Å². The molecule has 0 aromatic rings. The topological polar surface area (TPSA) is 37.3 Å². The van der Waals surface area contributed by atoms with Crippen molar-refractivity contribution in [3.63, 3.8) is 0 Å². The molecule has 0 spiro atoms. The molecule has 0 saturated heterocycles. The van der Waals surface area contributed by atoms with Crippen LogP contribution in [0, 0.1) is 0 Å². The summed E-state index contributed by atoms with van der Waals surface area (Å²) in [4.78, 5) is 12.2. The molecule has 0 aliphatic heterocycles. The minimum atomic E-state index is -1.10. The van der Waals surface area contributed by atoms with Crippen LogP contribution in [0.3, 0.4) is 0 Å². The van der Waals surface area contributed by atoms with E-state index in [1.807, 2.05) is 38.2 Å². The Bertz CT molecular complexity index is 355. The van der Waals surface area contributed by atoms with Gasteiger partial charge in [-0.05, 0) is 19.3 Å². The Morgan fingerprint density at radius 3 is 2.50 bits per heavy atom. The first-order chi connectivity index (χ1) is 8.72. The summed E-state index contributed by atoms with van der Waals surface area (Å²) in [6.07, 6.45) is 14.5. The number of ketones is 1. The fourth-order valence-electron chi connectivity index (χ4n) is 2.38. The fourth-order valence-corrected chi connectivity index (χ4v) is 2.38. The molecule has 2 aliphatic rings. The second kappa shape index (κ2) is 7.32. The van der Waals surface area contributed by atoms with Gasteiger partial charge >= 0.3 is 0 Å². The smallest absolute Gasteiger partial charge is 0.194 e. The third-order valence-corrected chi connectivity index (χ3v) is 3.36. The highest BCUT2D eigenvalue weighted by atomic mass is 16.3. The number of hydrogen-bond acceptors (Lipinski definition) is 2. The maximum absolute atomic E-state index is 12.2. The molecule has 2 heteroatoms. The number of Topliss-reactive ketones (excluding diaryl/α,β-unsaturated/α-hetero) is 1.